The maximum Gasteiger partial charge on any atom is 0.416 e. The van der Waals surface area contributed by atoms with Gasteiger partial charge in [0.25, 0.3) is 5.91 Å². The summed E-state index contributed by atoms with van der Waals surface area (Å²) in [5.41, 5.74) is 1.39. The molecule has 0 radical (unpaired) electrons. The third-order valence-corrected chi connectivity index (χ3v) is 4.88. The molecule has 178 valence electrons. The van der Waals surface area contributed by atoms with Gasteiger partial charge in [-0.15, -0.1) is 0 Å². The SMILES string of the molecule is CCOC(=O)CNC(=O)c1nc(Cc2ccc(-c3ccc(C(F)(F)F)cc3)cc2)nc(C)c1O. The molecule has 3 aromatic rings. The number of carbonyl (C=O) groups excluding carboxylic acids is 2. The zero-order valence-electron chi connectivity index (χ0n) is 18.4. The number of amides is 1. The summed E-state index contributed by atoms with van der Waals surface area (Å²) in [4.78, 5) is 32.2. The highest BCUT2D eigenvalue weighted by molar-refractivity contribution is 5.96. The lowest BCUT2D eigenvalue weighted by Gasteiger charge is -2.10. The van der Waals surface area contributed by atoms with Gasteiger partial charge in [0.1, 0.15) is 12.4 Å². The van der Waals surface area contributed by atoms with E-state index in [2.05, 4.69) is 15.3 Å². The molecule has 1 amide bonds. The fourth-order valence-corrected chi connectivity index (χ4v) is 3.16. The monoisotopic (exact) mass is 473 g/mol. The molecule has 0 unspecified atom stereocenters. The Morgan fingerprint density at radius 2 is 1.59 bits per heavy atom. The number of aromatic nitrogens is 2. The number of esters is 1. The number of alkyl halides is 3. The lowest BCUT2D eigenvalue weighted by Crippen LogP contribution is -2.31. The van der Waals surface area contributed by atoms with Crippen molar-refractivity contribution in [3.8, 4) is 16.9 Å². The van der Waals surface area contributed by atoms with Crippen LogP contribution in [0.5, 0.6) is 5.75 Å². The number of carbonyl (C=O) groups is 2. The van der Waals surface area contributed by atoms with Gasteiger partial charge in [0.05, 0.1) is 17.9 Å². The van der Waals surface area contributed by atoms with Crippen molar-refractivity contribution < 1.29 is 32.6 Å². The molecule has 0 saturated heterocycles. The van der Waals surface area contributed by atoms with Gasteiger partial charge in [0.2, 0.25) is 0 Å². The molecule has 0 spiro atoms. The van der Waals surface area contributed by atoms with Gasteiger partial charge < -0.3 is 15.2 Å². The predicted molar refractivity (Wildman–Crippen MR) is 117 cm³/mol. The van der Waals surface area contributed by atoms with Crippen molar-refractivity contribution in [2.24, 2.45) is 0 Å². The molecular formula is C24H22F3N3O4. The number of hydrogen-bond acceptors (Lipinski definition) is 6. The van der Waals surface area contributed by atoms with Crippen LogP contribution in [0, 0.1) is 6.92 Å². The number of aromatic hydroxyl groups is 1. The number of hydrogen-bond donors (Lipinski definition) is 2. The van der Waals surface area contributed by atoms with Gasteiger partial charge in [0.15, 0.2) is 11.4 Å². The van der Waals surface area contributed by atoms with Gasteiger partial charge in [-0.3, -0.25) is 9.59 Å². The fourth-order valence-electron chi connectivity index (χ4n) is 3.16. The number of ether oxygens (including phenoxy) is 1. The van der Waals surface area contributed by atoms with Crippen molar-refractivity contribution in [3.05, 3.63) is 76.9 Å². The highest BCUT2D eigenvalue weighted by Gasteiger charge is 2.30. The molecule has 34 heavy (non-hydrogen) atoms. The molecule has 0 bridgehead atoms. The average Bonchev–Trinajstić information content (AvgIpc) is 2.80. The molecule has 10 heteroatoms. The standard InChI is InChI=1S/C24H22F3N3O4/c1-3-34-20(31)13-28-23(33)21-22(32)14(2)29-19(30-21)12-15-4-6-16(7-5-15)17-8-10-18(11-9-17)24(25,26)27/h4-11,32H,3,12-13H2,1-2H3,(H,28,33). The van der Waals surface area contributed by atoms with E-state index < -0.39 is 23.6 Å². The summed E-state index contributed by atoms with van der Waals surface area (Å²) >= 11 is 0. The predicted octanol–water partition coefficient (Wildman–Crippen LogP) is 4.06. The number of rotatable bonds is 7. The van der Waals surface area contributed by atoms with Crippen molar-refractivity contribution in [1.82, 2.24) is 15.3 Å². The largest absolute Gasteiger partial charge is 0.504 e. The first-order valence-corrected chi connectivity index (χ1v) is 10.4. The minimum atomic E-state index is -4.39. The summed E-state index contributed by atoms with van der Waals surface area (Å²) in [6.45, 7) is 2.97. The van der Waals surface area contributed by atoms with E-state index in [-0.39, 0.29) is 42.5 Å². The summed E-state index contributed by atoms with van der Waals surface area (Å²) < 4.78 is 43.0. The number of nitrogens with one attached hydrogen (secondary N) is 1. The maximum atomic E-state index is 12.8. The number of nitrogens with zero attached hydrogens (tertiary/aromatic N) is 2. The lowest BCUT2D eigenvalue weighted by atomic mass is 10.0. The maximum absolute atomic E-state index is 12.8. The van der Waals surface area contributed by atoms with Crippen LogP contribution in [0.1, 0.15) is 40.1 Å². The highest BCUT2D eigenvalue weighted by atomic mass is 19.4. The van der Waals surface area contributed by atoms with Crippen molar-refractivity contribution >= 4 is 11.9 Å². The van der Waals surface area contributed by atoms with E-state index in [9.17, 15) is 27.9 Å². The van der Waals surface area contributed by atoms with E-state index in [4.69, 9.17) is 4.74 Å². The number of halogens is 3. The summed E-state index contributed by atoms with van der Waals surface area (Å²) in [5.74, 6) is -1.47. The molecule has 1 aromatic heterocycles. The van der Waals surface area contributed by atoms with Crippen molar-refractivity contribution in [2.45, 2.75) is 26.4 Å². The zero-order chi connectivity index (χ0) is 24.9. The van der Waals surface area contributed by atoms with Crippen LogP contribution in [0.25, 0.3) is 11.1 Å². The van der Waals surface area contributed by atoms with E-state index in [1.54, 1.807) is 31.2 Å². The van der Waals surface area contributed by atoms with Crippen LogP contribution >= 0.6 is 0 Å². The molecule has 7 nitrogen and oxygen atoms in total. The summed E-state index contributed by atoms with van der Waals surface area (Å²) in [6.07, 6.45) is -4.15. The summed E-state index contributed by atoms with van der Waals surface area (Å²) in [7, 11) is 0. The van der Waals surface area contributed by atoms with Gasteiger partial charge in [-0.05, 0) is 42.7 Å². The smallest absolute Gasteiger partial charge is 0.416 e. The third-order valence-electron chi connectivity index (χ3n) is 4.88. The number of benzene rings is 2. The van der Waals surface area contributed by atoms with Crippen molar-refractivity contribution in [3.63, 3.8) is 0 Å². The Hall–Kier alpha value is -3.95. The fraction of sp³-hybridized carbons (Fsp3) is 0.250. The second-order valence-electron chi connectivity index (χ2n) is 7.36. The Kier molecular flexibility index (Phi) is 7.50. The number of aryl methyl sites for hydroxylation is 1. The molecule has 0 aliphatic carbocycles. The normalized spacial score (nSPS) is 11.2. The molecule has 0 aliphatic rings. The van der Waals surface area contributed by atoms with Crippen molar-refractivity contribution in [2.75, 3.05) is 13.2 Å². The Labute approximate surface area is 193 Å². The minimum absolute atomic E-state index is 0.175. The first kappa shape index (κ1) is 24.7. The van der Waals surface area contributed by atoms with Gasteiger partial charge in [0, 0.05) is 6.42 Å². The van der Waals surface area contributed by atoms with Gasteiger partial charge in [-0.25, -0.2) is 9.97 Å². The van der Waals surface area contributed by atoms with E-state index in [1.165, 1.54) is 19.1 Å². The van der Waals surface area contributed by atoms with Gasteiger partial charge in [-0.2, -0.15) is 13.2 Å². The van der Waals surface area contributed by atoms with E-state index in [0.717, 1.165) is 23.3 Å². The quantitative estimate of drug-likeness (QED) is 0.502. The van der Waals surface area contributed by atoms with Crippen LogP contribution < -0.4 is 5.32 Å². The Bertz CT molecular complexity index is 1180. The van der Waals surface area contributed by atoms with Gasteiger partial charge in [-0.1, -0.05) is 36.4 Å². The Morgan fingerprint density at radius 3 is 2.15 bits per heavy atom. The van der Waals surface area contributed by atoms with E-state index in [1.807, 2.05) is 0 Å². The second kappa shape index (κ2) is 10.3. The molecule has 0 atom stereocenters. The molecule has 2 N–H and O–H groups in total. The summed E-state index contributed by atoms with van der Waals surface area (Å²) in [6, 6.07) is 12.0. The van der Waals surface area contributed by atoms with Gasteiger partial charge >= 0.3 is 12.1 Å². The Morgan fingerprint density at radius 1 is 1.00 bits per heavy atom. The molecule has 0 aliphatic heterocycles. The van der Waals surface area contributed by atoms with Crippen LogP contribution in [0.2, 0.25) is 0 Å². The molecule has 0 fully saturated rings. The zero-order valence-corrected chi connectivity index (χ0v) is 18.4. The van der Waals surface area contributed by atoms with Crippen LogP contribution in [0.4, 0.5) is 13.2 Å². The van der Waals surface area contributed by atoms with E-state index in [0.29, 0.717) is 5.56 Å². The van der Waals surface area contributed by atoms with Crippen molar-refractivity contribution in [1.29, 1.82) is 0 Å². The first-order chi connectivity index (χ1) is 16.1. The summed E-state index contributed by atoms with van der Waals surface area (Å²) in [5, 5.41) is 12.5. The molecular weight excluding hydrogens is 451 g/mol. The lowest BCUT2D eigenvalue weighted by molar-refractivity contribution is -0.142. The highest BCUT2D eigenvalue weighted by Crippen LogP contribution is 2.31. The molecule has 1 heterocycles. The van der Waals surface area contributed by atoms with Crippen LogP contribution in [0.3, 0.4) is 0 Å². The van der Waals surface area contributed by atoms with Crippen LogP contribution in [0.15, 0.2) is 48.5 Å². The molecule has 2 aromatic carbocycles. The second-order valence-corrected chi connectivity index (χ2v) is 7.36. The molecule has 0 saturated carbocycles. The Balaban J connectivity index is 1.74. The topological polar surface area (TPSA) is 101 Å². The van der Waals surface area contributed by atoms with E-state index >= 15 is 0 Å². The molecule has 3 rings (SSSR count). The average molecular weight is 473 g/mol. The van der Waals surface area contributed by atoms with Crippen LogP contribution in [-0.4, -0.2) is 40.1 Å². The minimum Gasteiger partial charge on any atom is -0.504 e. The first-order valence-electron chi connectivity index (χ1n) is 10.4. The van der Waals surface area contributed by atoms with Crippen LogP contribution in [-0.2, 0) is 22.1 Å². The third kappa shape index (κ3) is 6.09.